The van der Waals surface area contributed by atoms with Crippen molar-refractivity contribution in [3.8, 4) is 5.75 Å². The minimum atomic E-state index is 0.00361. The maximum atomic E-state index is 6.19. The first-order chi connectivity index (χ1) is 6.84. The number of rotatable bonds is 2. The summed E-state index contributed by atoms with van der Waals surface area (Å²) in [5.74, 6) is 0.832. The van der Waals surface area contributed by atoms with Crippen molar-refractivity contribution in [1.29, 1.82) is 0 Å². The molecule has 1 rings (SSSR count). The first-order valence-corrected chi connectivity index (χ1v) is 5.74. The van der Waals surface area contributed by atoms with Crippen molar-refractivity contribution in [2.24, 2.45) is 11.1 Å². The molecule has 1 aromatic rings. The van der Waals surface area contributed by atoms with Gasteiger partial charge in [-0.3, -0.25) is 0 Å². The van der Waals surface area contributed by atoms with Crippen molar-refractivity contribution in [2.45, 2.75) is 26.8 Å². The van der Waals surface area contributed by atoms with Crippen LogP contribution in [0.2, 0.25) is 0 Å². The van der Waals surface area contributed by atoms with Crippen LogP contribution < -0.4 is 10.5 Å². The highest BCUT2D eigenvalue weighted by atomic mass is 79.9. The van der Waals surface area contributed by atoms with Crippen LogP contribution in [-0.4, -0.2) is 7.11 Å². The fraction of sp³-hybridized carbons (Fsp3) is 0.500. The van der Waals surface area contributed by atoms with Crippen LogP contribution in [0.25, 0.3) is 0 Å². The van der Waals surface area contributed by atoms with Gasteiger partial charge >= 0.3 is 0 Å². The van der Waals surface area contributed by atoms with Gasteiger partial charge in [-0.15, -0.1) is 0 Å². The van der Waals surface area contributed by atoms with E-state index < -0.39 is 0 Å². The van der Waals surface area contributed by atoms with Gasteiger partial charge in [0.25, 0.3) is 0 Å². The Labute approximate surface area is 99.9 Å². The molecule has 0 amide bonds. The maximum Gasteiger partial charge on any atom is 0.120 e. The predicted octanol–water partition coefficient (Wildman–Crippen LogP) is 3.50. The lowest BCUT2D eigenvalue weighted by Crippen LogP contribution is -2.26. The Morgan fingerprint density at radius 1 is 1.27 bits per heavy atom. The number of hydrogen-bond acceptors (Lipinski definition) is 2. The normalized spacial score (nSPS) is 13.7. The van der Waals surface area contributed by atoms with Gasteiger partial charge in [-0.1, -0.05) is 36.7 Å². The SMILES string of the molecule is COc1cc(Br)cc([C@@H](N)C(C)(C)C)c1. The quantitative estimate of drug-likeness (QED) is 0.894. The fourth-order valence-electron chi connectivity index (χ4n) is 1.38. The molecule has 0 bridgehead atoms. The minimum Gasteiger partial charge on any atom is -0.497 e. The molecule has 15 heavy (non-hydrogen) atoms. The standard InChI is InChI=1S/C12H18BrNO/c1-12(2,3)11(14)8-5-9(13)7-10(6-8)15-4/h5-7,11H,14H2,1-4H3/t11-/m1/s1. The molecule has 0 saturated carbocycles. The predicted molar refractivity (Wildman–Crippen MR) is 67.1 cm³/mol. The lowest BCUT2D eigenvalue weighted by Gasteiger charge is -2.27. The van der Waals surface area contributed by atoms with Gasteiger partial charge in [0.05, 0.1) is 7.11 Å². The molecule has 0 fully saturated rings. The Morgan fingerprint density at radius 2 is 1.87 bits per heavy atom. The fourth-order valence-corrected chi connectivity index (χ4v) is 1.87. The molecule has 0 radical (unpaired) electrons. The summed E-state index contributed by atoms with van der Waals surface area (Å²) in [7, 11) is 1.66. The topological polar surface area (TPSA) is 35.2 Å². The van der Waals surface area contributed by atoms with Gasteiger partial charge in [0.2, 0.25) is 0 Å². The van der Waals surface area contributed by atoms with Crippen LogP contribution in [0.15, 0.2) is 22.7 Å². The van der Waals surface area contributed by atoms with E-state index in [1.165, 1.54) is 0 Å². The molecule has 0 unspecified atom stereocenters. The molecule has 3 heteroatoms. The number of hydrogen-bond donors (Lipinski definition) is 1. The van der Waals surface area contributed by atoms with Gasteiger partial charge in [0, 0.05) is 10.5 Å². The highest BCUT2D eigenvalue weighted by Crippen LogP contribution is 2.33. The third-order valence-corrected chi connectivity index (χ3v) is 2.88. The number of benzene rings is 1. The van der Waals surface area contributed by atoms with E-state index in [0.29, 0.717) is 0 Å². The number of ether oxygens (including phenoxy) is 1. The summed E-state index contributed by atoms with van der Waals surface area (Å²) in [6, 6.07) is 5.96. The zero-order chi connectivity index (χ0) is 11.6. The van der Waals surface area contributed by atoms with Crippen molar-refractivity contribution >= 4 is 15.9 Å². The Bertz CT molecular complexity index is 344. The molecule has 2 N–H and O–H groups in total. The zero-order valence-electron chi connectivity index (χ0n) is 9.67. The number of halogens is 1. The van der Waals surface area contributed by atoms with E-state index >= 15 is 0 Å². The van der Waals surface area contributed by atoms with Gasteiger partial charge in [-0.05, 0) is 29.2 Å². The van der Waals surface area contributed by atoms with E-state index in [-0.39, 0.29) is 11.5 Å². The van der Waals surface area contributed by atoms with Gasteiger partial charge in [-0.2, -0.15) is 0 Å². The van der Waals surface area contributed by atoms with Crippen LogP contribution >= 0.6 is 15.9 Å². The van der Waals surface area contributed by atoms with Gasteiger partial charge in [0.1, 0.15) is 5.75 Å². The first-order valence-electron chi connectivity index (χ1n) is 4.94. The molecule has 0 aromatic heterocycles. The summed E-state index contributed by atoms with van der Waals surface area (Å²) in [4.78, 5) is 0. The second kappa shape index (κ2) is 4.54. The van der Waals surface area contributed by atoms with Crippen LogP contribution in [0.3, 0.4) is 0 Å². The molecule has 2 nitrogen and oxygen atoms in total. The first kappa shape index (κ1) is 12.5. The van der Waals surface area contributed by atoms with E-state index in [0.717, 1.165) is 15.8 Å². The van der Waals surface area contributed by atoms with Crippen LogP contribution in [0.4, 0.5) is 0 Å². The van der Waals surface area contributed by atoms with E-state index in [1.54, 1.807) is 7.11 Å². The monoisotopic (exact) mass is 271 g/mol. The minimum absolute atomic E-state index is 0.00361. The van der Waals surface area contributed by atoms with E-state index in [9.17, 15) is 0 Å². The number of nitrogens with two attached hydrogens (primary N) is 1. The van der Waals surface area contributed by atoms with Gasteiger partial charge in [-0.25, -0.2) is 0 Å². The smallest absolute Gasteiger partial charge is 0.120 e. The molecular weight excluding hydrogens is 254 g/mol. The summed E-state index contributed by atoms with van der Waals surface area (Å²) in [6.07, 6.45) is 0. The summed E-state index contributed by atoms with van der Waals surface area (Å²) in [5, 5.41) is 0. The van der Waals surface area contributed by atoms with E-state index in [4.69, 9.17) is 10.5 Å². The van der Waals surface area contributed by atoms with Crippen molar-refractivity contribution in [3.05, 3.63) is 28.2 Å². The molecule has 0 aliphatic carbocycles. The second-order valence-corrected chi connectivity index (χ2v) is 5.68. The third kappa shape index (κ3) is 3.21. The summed E-state index contributed by atoms with van der Waals surface area (Å²) < 4.78 is 6.21. The van der Waals surface area contributed by atoms with Crippen LogP contribution in [0.5, 0.6) is 5.75 Å². The average molecular weight is 272 g/mol. The zero-order valence-corrected chi connectivity index (χ0v) is 11.3. The molecule has 1 aromatic carbocycles. The van der Waals surface area contributed by atoms with Gasteiger partial charge < -0.3 is 10.5 Å². The molecule has 0 aliphatic rings. The average Bonchev–Trinajstić information content (AvgIpc) is 2.14. The summed E-state index contributed by atoms with van der Waals surface area (Å²) in [6.45, 7) is 6.39. The summed E-state index contributed by atoms with van der Waals surface area (Å²) >= 11 is 3.45. The largest absolute Gasteiger partial charge is 0.497 e. The highest BCUT2D eigenvalue weighted by Gasteiger charge is 2.22. The molecule has 84 valence electrons. The molecule has 0 heterocycles. The molecule has 1 atom stereocenters. The van der Waals surface area contributed by atoms with Crippen molar-refractivity contribution < 1.29 is 4.74 Å². The van der Waals surface area contributed by atoms with Crippen LogP contribution in [0.1, 0.15) is 32.4 Å². The Kier molecular flexibility index (Phi) is 3.79. The summed E-state index contributed by atoms with van der Waals surface area (Å²) in [5.41, 5.74) is 7.33. The van der Waals surface area contributed by atoms with Crippen LogP contribution in [0, 0.1) is 5.41 Å². The van der Waals surface area contributed by atoms with E-state index in [1.807, 2.05) is 18.2 Å². The Morgan fingerprint density at radius 3 is 2.33 bits per heavy atom. The van der Waals surface area contributed by atoms with Crippen LogP contribution in [-0.2, 0) is 0 Å². The molecule has 0 spiro atoms. The van der Waals surface area contributed by atoms with Crippen molar-refractivity contribution in [2.75, 3.05) is 7.11 Å². The molecule has 0 aliphatic heterocycles. The lowest BCUT2D eigenvalue weighted by atomic mass is 9.83. The Hall–Kier alpha value is -0.540. The maximum absolute atomic E-state index is 6.19. The van der Waals surface area contributed by atoms with E-state index in [2.05, 4.69) is 36.7 Å². The molecular formula is C12H18BrNO. The molecule has 0 saturated heterocycles. The number of methoxy groups -OCH3 is 1. The Balaban J connectivity index is 3.09. The van der Waals surface area contributed by atoms with Crippen molar-refractivity contribution in [3.63, 3.8) is 0 Å². The highest BCUT2D eigenvalue weighted by molar-refractivity contribution is 9.10. The van der Waals surface area contributed by atoms with Crippen molar-refractivity contribution in [1.82, 2.24) is 0 Å². The second-order valence-electron chi connectivity index (χ2n) is 4.77. The van der Waals surface area contributed by atoms with Gasteiger partial charge in [0.15, 0.2) is 0 Å². The lowest BCUT2D eigenvalue weighted by molar-refractivity contribution is 0.325. The third-order valence-electron chi connectivity index (χ3n) is 2.42.